The van der Waals surface area contributed by atoms with Gasteiger partial charge in [0.2, 0.25) is 0 Å². The minimum Gasteiger partial charge on any atom is -0.382 e. The van der Waals surface area contributed by atoms with Crippen LogP contribution in [-0.2, 0) is 14.6 Å². The van der Waals surface area contributed by atoms with E-state index in [1.807, 2.05) is 6.07 Å². The number of hydrogen-bond acceptors (Lipinski definition) is 4. The van der Waals surface area contributed by atoms with E-state index < -0.39 is 9.84 Å². The molecule has 5 heteroatoms. The molecule has 1 fully saturated rings. The fourth-order valence-electron chi connectivity index (χ4n) is 2.55. The van der Waals surface area contributed by atoms with E-state index >= 15 is 0 Å². The van der Waals surface area contributed by atoms with Gasteiger partial charge in [-0.05, 0) is 44.4 Å². The third kappa shape index (κ3) is 3.73. The van der Waals surface area contributed by atoms with E-state index in [9.17, 15) is 8.42 Å². The van der Waals surface area contributed by atoms with E-state index in [0.29, 0.717) is 10.9 Å². The molecule has 1 aromatic rings. The van der Waals surface area contributed by atoms with Gasteiger partial charge in [0.05, 0.1) is 10.5 Å². The van der Waals surface area contributed by atoms with Gasteiger partial charge in [0.25, 0.3) is 0 Å². The molecule has 2 unspecified atom stereocenters. The first-order valence-electron chi connectivity index (χ1n) is 7.03. The molecule has 1 N–H and O–H groups in total. The number of ether oxygens (including phenoxy) is 1. The van der Waals surface area contributed by atoms with Crippen LogP contribution in [0.1, 0.15) is 33.1 Å². The molecule has 0 bridgehead atoms. The van der Waals surface area contributed by atoms with Gasteiger partial charge < -0.3 is 10.1 Å². The van der Waals surface area contributed by atoms with Gasteiger partial charge in [-0.15, -0.1) is 0 Å². The molecular formula is C15H23NO3S. The predicted molar refractivity (Wildman–Crippen MR) is 80.8 cm³/mol. The van der Waals surface area contributed by atoms with Crippen molar-refractivity contribution in [3.8, 4) is 0 Å². The largest absolute Gasteiger partial charge is 0.382 e. The minimum absolute atomic E-state index is 0.0790. The first-order chi connectivity index (χ1) is 9.32. The summed E-state index contributed by atoms with van der Waals surface area (Å²) in [6, 6.07) is 7.34. The standard InChI is InChI=1S/C15H23NO3S/c1-4-15(2)11-13(8-9-19-15)16-12-6-5-7-14(10-12)20(3,17)18/h5-7,10,13,16H,4,8-9,11H2,1-3H3. The first-order valence-corrected chi connectivity index (χ1v) is 8.92. The lowest BCUT2D eigenvalue weighted by Crippen LogP contribution is -2.41. The van der Waals surface area contributed by atoms with Crippen LogP contribution in [0.15, 0.2) is 29.2 Å². The van der Waals surface area contributed by atoms with Crippen LogP contribution < -0.4 is 5.32 Å². The molecule has 1 aliphatic heterocycles. The summed E-state index contributed by atoms with van der Waals surface area (Å²) in [5, 5.41) is 3.44. The van der Waals surface area contributed by atoms with E-state index in [0.717, 1.165) is 31.6 Å². The second kappa shape index (κ2) is 5.74. The predicted octanol–water partition coefficient (Wildman–Crippen LogP) is 2.85. The van der Waals surface area contributed by atoms with Crippen LogP contribution in [0.5, 0.6) is 0 Å². The molecule has 112 valence electrons. The Morgan fingerprint density at radius 2 is 2.20 bits per heavy atom. The van der Waals surface area contributed by atoms with Crippen LogP contribution in [0, 0.1) is 0 Å². The van der Waals surface area contributed by atoms with Crippen molar-refractivity contribution in [3.63, 3.8) is 0 Å². The first kappa shape index (κ1) is 15.3. The zero-order valence-electron chi connectivity index (χ0n) is 12.3. The Morgan fingerprint density at radius 3 is 2.85 bits per heavy atom. The van der Waals surface area contributed by atoms with Gasteiger partial charge >= 0.3 is 0 Å². The average Bonchev–Trinajstić information content (AvgIpc) is 2.38. The Kier molecular flexibility index (Phi) is 4.39. The van der Waals surface area contributed by atoms with Crippen LogP contribution in [0.2, 0.25) is 0 Å². The highest BCUT2D eigenvalue weighted by atomic mass is 32.2. The highest BCUT2D eigenvalue weighted by molar-refractivity contribution is 7.90. The second-order valence-corrected chi connectivity index (χ2v) is 7.80. The molecule has 2 rings (SSSR count). The second-order valence-electron chi connectivity index (χ2n) is 5.79. The summed E-state index contributed by atoms with van der Waals surface area (Å²) < 4.78 is 29.0. The molecule has 0 aliphatic carbocycles. The average molecular weight is 297 g/mol. The minimum atomic E-state index is -3.16. The molecule has 20 heavy (non-hydrogen) atoms. The number of benzene rings is 1. The molecule has 0 spiro atoms. The third-order valence-electron chi connectivity index (χ3n) is 3.98. The van der Waals surface area contributed by atoms with Crippen molar-refractivity contribution >= 4 is 15.5 Å². The van der Waals surface area contributed by atoms with Crippen molar-refractivity contribution in [1.82, 2.24) is 0 Å². The highest BCUT2D eigenvalue weighted by Gasteiger charge is 2.31. The Hall–Kier alpha value is -1.07. The third-order valence-corrected chi connectivity index (χ3v) is 5.09. The van der Waals surface area contributed by atoms with Gasteiger partial charge in [-0.3, -0.25) is 0 Å². The summed E-state index contributed by atoms with van der Waals surface area (Å²) in [6.07, 6.45) is 4.09. The molecular weight excluding hydrogens is 274 g/mol. The summed E-state index contributed by atoms with van der Waals surface area (Å²) in [6.45, 7) is 5.01. The SMILES string of the molecule is CCC1(C)CC(Nc2cccc(S(C)(=O)=O)c2)CCO1. The highest BCUT2D eigenvalue weighted by Crippen LogP contribution is 2.29. The smallest absolute Gasteiger partial charge is 0.175 e. The Morgan fingerprint density at radius 1 is 1.45 bits per heavy atom. The zero-order chi connectivity index (χ0) is 14.8. The maximum absolute atomic E-state index is 11.6. The van der Waals surface area contributed by atoms with Gasteiger partial charge in [0.15, 0.2) is 9.84 Å². The van der Waals surface area contributed by atoms with Crippen molar-refractivity contribution in [3.05, 3.63) is 24.3 Å². The number of nitrogens with one attached hydrogen (secondary N) is 1. The van der Waals surface area contributed by atoms with E-state index in [2.05, 4.69) is 19.2 Å². The summed E-state index contributed by atoms with van der Waals surface area (Å²) in [5.74, 6) is 0. The van der Waals surface area contributed by atoms with Crippen molar-refractivity contribution in [2.24, 2.45) is 0 Å². The van der Waals surface area contributed by atoms with Gasteiger partial charge in [0, 0.05) is 24.6 Å². The summed E-state index contributed by atoms with van der Waals surface area (Å²) in [7, 11) is -3.16. The molecule has 2 atom stereocenters. The molecule has 1 aliphatic rings. The normalized spacial score (nSPS) is 27.2. The van der Waals surface area contributed by atoms with Gasteiger partial charge in [-0.2, -0.15) is 0 Å². The number of anilines is 1. The monoisotopic (exact) mass is 297 g/mol. The van der Waals surface area contributed by atoms with Crippen LogP contribution in [0.4, 0.5) is 5.69 Å². The van der Waals surface area contributed by atoms with E-state index in [-0.39, 0.29) is 5.60 Å². The molecule has 1 aromatic carbocycles. The van der Waals surface area contributed by atoms with Crippen LogP contribution in [-0.4, -0.2) is 32.9 Å². The van der Waals surface area contributed by atoms with Crippen molar-refractivity contribution in [2.45, 2.75) is 49.6 Å². The van der Waals surface area contributed by atoms with Crippen LogP contribution >= 0.6 is 0 Å². The summed E-state index contributed by atoms with van der Waals surface area (Å²) in [4.78, 5) is 0.354. The zero-order valence-corrected chi connectivity index (χ0v) is 13.2. The Bertz CT molecular complexity index is 570. The van der Waals surface area contributed by atoms with Crippen molar-refractivity contribution < 1.29 is 13.2 Å². The number of sulfone groups is 1. The summed E-state index contributed by atoms with van der Waals surface area (Å²) >= 11 is 0. The topological polar surface area (TPSA) is 55.4 Å². The molecule has 0 saturated carbocycles. The van der Waals surface area contributed by atoms with Crippen molar-refractivity contribution in [2.75, 3.05) is 18.2 Å². The number of hydrogen-bond donors (Lipinski definition) is 1. The van der Waals surface area contributed by atoms with Gasteiger partial charge in [-0.1, -0.05) is 13.0 Å². The maximum Gasteiger partial charge on any atom is 0.175 e. The van der Waals surface area contributed by atoms with Gasteiger partial charge in [-0.25, -0.2) is 8.42 Å². The lowest BCUT2D eigenvalue weighted by atomic mass is 9.90. The van der Waals surface area contributed by atoms with Gasteiger partial charge in [0.1, 0.15) is 0 Å². The molecule has 1 saturated heterocycles. The fraction of sp³-hybridized carbons (Fsp3) is 0.600. The molecule has 0 aromatic heterocycles. The molecule has 0 amide bonds. The lowest BCUT2D eigenvalue weighted by molar-refractivity contribution is -0.0708. The fourth-order valence-corrected chi connectivity index (χ4v) is 3.22. The van der Waals surface area contributed by atoms with E-state index in [1.165, 1.54) is 6.26 Å². The summed E-state index contributed by atoms with van der Waals surface area (Å²) in [5.41, 5.74) is 0.781. The number of rotatable bonds is 4. The Balaban J connectivity index is 2.11. The maximum atomic E-state index is 11.6. The molecule has 4 nitrogen and oxygen atoms in total. The van der Waals surface area contributed by atoms with Crippen molar-refractivity contribution in [1.29, 1.82) is 0 Å². The Labute approximate surface area is 121 Å². The van der Waals surface area contributed by atoms with E-state index in [1.54, 1.807) is 18.2 Å². The molecule has 1 heterocycles. The lowest BCUT2D eigenvalue weighted by Gasteiger charge is -2.38. The van der Waals surface area contributed by atoms with Crippen LogP contribution in [0.25, 0.3) is 0 Å². The molecule has 0 radical (unpaired) electrons. The van der Waals surface area contributed by atoms with Crippen LogP contribution in [0.3, 0.4) is 0 Å². The quantitative estimate of drug-likeness (QED) is 0.928. The van der Waals surface area contributed by atoms with E-state index in [4.69, 9.17) is 4.74 Å².